The molecule has 0 bridgehead atoms. The van der Waals surface area contributed by atoms with Crippen molar-refractivity contribution in [2.45, 2.75) is 50.7 Å². The summed E-state index contributed by atoms with van der Waals surface area (Å²) >= 11 is 0. The molecule has 7 heteroatoms. The molecule has 0 saturated carbocycles. The van der Waals surface area contributed by atoms with Crippen molar-refractivity contribution in [2.24, 2.45) is 0 Å². The molecule has 1 saturated heterocycles. The van der Waals surface area contributed by atoms with Gasteiger partial charge in [0.2, 0.25) is 0 Å². The molecule has 4 nitrogen and oxygen atoms in total. The highest BCUT2D eigenvalue weighted by Gasteiger charge is 2.27. The maximum absolute atomic E-state index is 14.1. The standard InChI is InChI=1S/C16H23F2NO3S/c1-16(2,3)23(20)19-14(6-7-15-21-8-9-22-15)12-5-4-11(17)10-13(12)18/h4-5,10,14-15,19H,6-9H2,1-3H3/t14?,23-/m0/s1. The summed E-state index contributed by atoms with van der Waals surface area (Å²) in [5.41, 5.74) is 0.294. The molecule has 0 aliphatic carbocycles. The molecule has 1 N–H and O–H groups in total. The van der Waals surface area contributed by atoms with Crippen molar-refractivity contribution in [3.05, 3.63) is 35.4 Å². The van der Waals surface area contributed by atoms with Gasteiger partial charge >= 0.3 is 0 Å². The van der Waals surface area contributed by atoms with Crippen molar-refractivity contribution in [3.63, 3.8) is 0 Å². The number of benzene rings is 1. The van der Waals surface area contributed by atoms with Gasteiger partial charge in [-0.15, -0.1) is 0 Å². The van der Waals surface area contributed by atoms with E-state index in [9.17, 15) is 13.0 Å². The van der Waals surface area contributed by atoms with Gasteiger partial charge in [-0.2, -0.15) is 0 Å². The fourth-order valence-corrected chi connectivity index (χ4v) is 3.10. The van der Waals surface area contributed by atoms with Crippen molar-refractivity contribution in [3.8, 4) is 0 Å². The molecule has 1 aromatic carbocycles. The highest BCUT2D eigenvalue weighted by atomic mass is 32.2. The van der Waals surface area contributed by atoms with Gasteiger partial charge in [0.05, 0.1) is 28.9 Å². The number of rotatable bonds is 6. The van der Waals surface area contributed by atoms with E-state index in [2.05, 4.69) is 4.72 Å². The quantitative estimate of drug-likeness (QED) is 0.860. The Labute approximate surface area is 138 Å². The molecule has 0 radical (unpaired) electrons. The second kappa shape index (κ2) is 7.79. The minimum Gasteiger partial charge on any atom is -0.350 e. The minimum atomic E-state index is -1.38. The van der Waals surface area contributed by atoms with Crippen LogP contribution < -0.4 is 4.72 Å². The van der Waals surface area contributed by atoms with Crippen molar-refractivity contribution in [1.82, 2.24) is 4.72 Å². The van der Waals surface area contributed by atoms with Crippen LogP contribution in [0.15, 0.2) is 18.2 Å². The third kappa shape index (κ3) is 5.31. The monoisotopic (exact) mass is 347 g/mol. The van der Waals surface area contributed by atoms with Gasteiger partial charge in [-0.3, -0.25) is 0 Å². The molecule has 2 rings (SSSR count). The number of halogens is 2. The lowest BCUT2D eigenvalue weighted by atomic mass is 10.0. The Morgan fingerprint density at radius 3 is 2.52 bits per heavy atom. The van der Waals surface area contributed by atoms with E-state index in [1.54, 1.807) is 0 Å². The van der Waals surface area contributed by atoms with Gasteiger partial charge in [0, 0.05) is 24.1 Å². The van der Waals surface area contributed by atoms with E-state index in [0.29, 0.717) is 31.6 Å². The van der Waals surface area contributed by atoms with Gasteiger partial charge in [-0.25, -0.2) is 17.7 Å². The maximum Gasteiger partial charge on any atom is 0.157 e. The lowest BCUT2D eigenvalue weighted by Crippen LogP contribution is -2.36. The van der Waals surface area contributed by atoms with E-state index in [1.165, 1.54) is 12.1 Å². The molecule has 1 fully saturated rings. The van der Waals surface area contributed by atoms with Crippen LogP contribution in [0.4, 0.5) is 8.78 Å². The zero-order chi connectivity index (χ0) is 17.0. The third-order valence-corrected chi connectivity index (χ3v) is 5.14. The summed E-state index contributed by atoms with van der Waals surface area (Å²) in [5.74, 6) is -1.29. The zero-order valence-electron chi connectivity index (χ0n) is 13.6. The molecule has 130 valence electrons. The number of ether oxygens (including phenoxy) is 2. The average Bonchev–Trinajstić information content (AvgIpc) is 2.96. The molecule has 1 aromatic rings. The van der Waals surface area contributed by atoms with Gasteiger partial charge < -0.3 is 9.47 Å². The van der Waals surface area contributed by atoms with Crippen LogP contribution in [-0.4, -0.2) is 28.5 Å². The first-order valence-corrected chi connectivity index (χ1v) is 8.78. The summed E-state index contributed by atoms with van der Waals surface area (Å²) in [6, 6.07) is 2.92. The van der Waals surface area contributed by atoms with Crippen molar-refractivity contribution in [2.75, 3.05) is 13.2 Å². The van der Waals surface area contributed by atoms with Crippen LogP contribution in [0, 0.1) is 11.6 Å². The summed E-state index contributed by atoms with van der Waals surface area (Å²) in [5, 5.41) is 0. The highest BCUT2D eigenvalue weighted by molar-refractivity contribution is 7.84. The van der Waals surface area contributed by atoms with E-state index in [-0.39, 0.29) is 6.29 Å². The van der Waals surface area contributed by atoms with Gasteiger partial charge in [0.25, 0.3) is 0 Å². The van der Waals surface area contributed by atoms with E-state index >= 15 is 0 Å². The van der Waals surface area contributed by atoms with E-state index in [1.807, 2.05) is 20.8 Å². The van der Waals surface area contributed by atoms with Crippen molar-refractivity contribution in [1.29, 1.82) is 0 Å². The second-order valence-electron chi connectivity index (χ2n) is 6.47. The Kier molecular flexibility index (Phi) is 6.25. The van der Waals surface area contributed by atoms with E-state index in [0.717, 1.165) is 6.07 Å². The molecular weight excluding hydrogens is 324 g/mol. The number of hydrogen-bond acceptors (Lipinski definition) is 3. The summed E-state index contributed by atoms with van der Waals surface area (Å²) in [4.78, 5) is 0. The van der Waals surface area contributed by atoms with Crippen molar-refractivity contribution < 1.29 is 22.5 Å². The molecule has 0 spiro atoms. The smallest absolute Gasteiger partial charge is 0.157 e. The molecule has 2 atom stereocenters. The first-order valence-electron chi connectivity index (χ1n) is 7.63. The van der Waals surface area contributed by atoms with Crippen molar-refractivity contribution >= 4 is 11.0 Å². The molecular formula is C16H23F2NO3S. The Morgan fingerprint density at radius 1 is 1.30 bits per heavy atom. The first kappa shape index (κ1) is 18.4. The predicted octanol–water partition coefficient (Wildman–Crippen LogP) is 3.21. The Hall–Kier alpha value is -0.890. The van der Waals surface area contributed by atoms with Crippen LogP contribution in [0.5, 0.6) is 0 Å². The number of hydrogen-bond donors (Lipinski definition) is 1. The maximum atomic E-state index is 14.1. The normalized spacial score (nSPS) is 19.0. The van der Waals surface area contributed by atoms with Crippen LogP contribution in [0.25, 0.3) is 0 Å². The van der Waals surface area contributed by atoms with Crippen LogP contribution in [0.1, 0.15) is 45.2 Å². The Balaban J connectivity index is 2.14. The zero-order valence-corrected chi connectivity index (χ0v) is 14.4. The summed E-state index contributed by atoms with van der Waals surface area (Å²) in [7, 11) is -1.38. The molecule has 23 heavy (non-hydrogen) atoms. The van der Waals surface area contributed by atoms with Gasteiger partial charge in [0.15, 0.2) is 6.29 Å². The first-order chi connectivity index (χ1) is 10.8. The summed E-state index contributed by atoms with van der Waals surface area (Å²) < 4.78 is 52.8. The van der Waals surface area contributed by atoms with Crippen LogP contribution in [-0.2, 0) is 20.5 Å². The number of nitrogens with one attached hydrogen (secondary N) is 1. The second-order valence-corrected chi connectivity index (χ2v) is 8.46. The molecule has 0 amide bonds. The molecule has 0 aromatic heterocycles. The molecule has 1 aliphatic rings. The van der Waals surface area contributed by atoms with Crippen LogP contribution in [0.2, 0.25) is 0 Å². The van der Waals surface area contributed by atoms with E-state index in [4.69, 9.17) is 9.47 Å². The predicted molar refractivity (Wildman–Crippen MR) is 85.1 cm³/mol. The Morgan fingerprint density at radius 2 is 1.96 bits per heavy atom. The highest BCUT2D eigenvalue weighted by Crippen LogP contribution is 2.26. The largest absolute Gasteiger partial charge is 0.350 e. The average molecular weight is 347 g/mol. The lowest BCUT2D eigenvalue weighted by Gasteiger charge is -2.25. The van der Waals surface area contributed by atoms with E-state index < -0.39 is 33.4 Å². The molecule has 1 heterocycles. The van der Waals surface area contributed by atoms with Crippen LogP contribution >= 0.6 is 0 Å². The fraction of sp³-hybridized carbons (Fsp3) is 0.625. The minimum absolute atomic E-state index is 0.294. The molecule has 1 unspecified atom stereocenters. The SMILES string of the molecule is CC(C)(C)[S@](=O)NC(CCC1OCCO1)c1ccc(F)cc1F. The Bertz CT molecular complexity index is 557. The van der Waals surface area contributed by atoms with Gasteiger partial charge in [-0.05, 0) is 33.3 Å². The lowest BCUT2D eigenvalue weighted by molar-refractivity contribution is -0.0489. The van der Waals surface area contributed by atoms with Gasteiger partial charge in [0.1, 0.15) is 11.6 Å². The van der Waals surface area contributed by atoms with Gasteiger partial charge in [-0.1, -0.05) is 6.07 Å². The molecule has 1 aliphatic heterocycles. The summed E-state index contributed by atoms with van der Waals surface area (Å²) in [6.45, 7) is 6.58. The topological polar surface area (TPSA) is 47.6 Å². The summed E-state index contributed by atoms with van der Waals surface area (Å²) in [6.07, 6.45) is 0.677. The van der Waals surface area contributed by atoms with Crippen LogP contribution in [0.3, 0.4) is 0 Å². The third-order valence-electron chi connectivity index (χ3n) is 3.53. The fourth-order valence-electron chi connectivity index (χ4n) is 2.24.